The number of guanidine groups is 1. The van der Waals surface area contributed by atoms with Crippen LogP contribution in [0.5, 0.6) is 0 Å². The van der Waals surface area contributed by atoms with Gasteiger partial charge in [0.05, 0.1) is 6.20 Å². The molecule has 0 aromatic carbocycles. The summed E-state index contributed by atoms with van der Waals surface area (Å²) in [4.78, 5) is 16.2. The standard InChI is InChI=1S/C13H21N5O/c1-4-5-18-8-10(7-15-18)11-12(19)17-13(16-11)14-6-9(2)3/h7-9,11H,4-6H2,1-3H3,(H2,14,16,17,19). The highest BCUT2D eigenvalue weighted by atomic mass is 16.2. The van der Waals surface area contributed by atoms with Crippen LogP contribution in [0.2, 0.25) is 0 Å². The molecule has 1 saturated heterocycles. The molecule has 1 aromatic heterocycles. The summed E-state index contributed by atoms with van der Waals surface area (Å²) in [5.74, 6) is 0.961. The lowest BCUT2D eigenvalue weighted by Gasteiger charge is -2.04. The third-order valence-electron chi connectivity index (χ3n) is 2.84. The number of aryl methyl sites for hydroxylation is 1. The number of hydrogen-bond acceptors (Lipinski definition) is 3. The Morgan fingerprint density at radius 3 is 3.00 bits per heavy atom. The Bertz CT molecular complexity index is 477. The zero-order valence-electron chi connectivity index (χ0n) is 11.7. The predicted octanol–water partition coefficient (Wildman–Crippen LogP) is 1.07. The van der Waals surface area contributed by atoms with Crippen LogP contribution in [0.1, 0.15) is 38.8 Å². The molecule has 0 saturated carbocycles. The lowest BCUT2D eigenvalue weighted by molar-refractivity contribution is -0.120. The van der Waals surface area contributed by atoms with Crippen molar-refractivity contribution < 1.29 is 4.79 Å². The Balaban J connectivity index is 2.04. The fourth-order valence-corrected chi connectivity index (χ4v) is 1.90. The van der Waals surface area contributed by atoms with E-state index in [-0.39, 0.29) is 11.9 Å². The number of aromatic nitrogens is 2. The maximum Gasteiger partial charge on any atom is 0.254 e. The van der Waals surface area contributed by atoms with E-state index in [9.17, 15) is 4.79 Å². The number of nitrogens with zero attached hydrogens (tertiary/aromatic N) is 3. The molecule has 0 bridgehead atoms. The summed E-state index contributed by atoms with van der Waals surface area (Å²) < 4.78 is 1.85. The van der Waals surface area contributed by atoms with Crippen LogP contribution in [0.15, 0.2) is 17.4 Å². The minimum Gasteiger partial charge on any atom is -0.340 e. The van der Waals surface area contributed by atoms with E-state index >= 15 is 0 Å². The molecule has 2 heterocycles. The molecule has 0 aliphatic carbocycles. The first-order chi connectivity index (χ1) is 9.10. The number of nitrogens with one attached hydrogen (secondary N) is 2. The smallest absolute Gasteiger partial charge is 0.254 e. The molecule has 1 atom stereocenters. The fourth-order valence-electron chi connectivity index (χ4n) is 1.90. The molecule has 104 valence electrons. The minimum atomic E-state index is -0.378. The molecule has 0 radical (unpaired) electrons. The lowest BCUT2D eigenvalue weighted by atomic mass is 10.2. The Morgan fingerprint density at radius 1 is 1.53 bits per heavy atom. The zero-order valence-corrected chi connectivity index (χ0v) is 11.7. The van der Waals surface area contributed by atoms with Crippen molar-refractivity contribution in [3.05, 3.63) is 18.0 Å². The van der Waals surface area contributed by atoms with E-state index in [0.29, 0.717) is 18.4 Å². The number of amides is 1. The minimum absolute atomic E-state index is 0.0708. The van der Waals surface area contributed by atoms with Gasteiger partial charge in [0.15, 0.2) is 5.96 Å². The normalized spacial score (nSPS) is 20.9. The van der Waals surface area contributed by atoms with Crippen molar-refractivity contribution in [2.45, 2.75) is 39.8 Å². The van der Waals surface area contributed by atoms with Crippen molar-refractivity contribution in [2.24, 2.45) is 10.9 Å². The molecule has 1 amide bonds. The average Bonchev–Trinajstić information content (AvgIpc) is 2.94. The molecule has 2 N–H and O–H groups in total. The molecule has 19 heavy (non-hydrogen) atoms. The highest BCUT2D eigenvalue weighted by molar-refractivity contribution is 6.06. The van der Waals surface area contributed by atoms with Gasteiger partial charge < -0.3 is 5.32 Å². The number of carbonyl (C=O) groups excluding carboxylic acids is 1. The molecular formula is C13H21N5O. The molecule has 1 fully saturated rings. The highest BCUT2D eigenvalue weighted by Gasteiger charge is 2.30. The second-order valence-corrected chi connectivity index (χ2v) is 5.19. The summed E-state index contributed by atoms with van der Waals surface area (Å²) in [6, 6.07) is -0.378. The van der Waals surface area contributed by atoms with Gasteiger partial charge >= 0.3 is 0 Å². The van der Waals surface area contributed by atoms with Crippen LogP contribution < -0.4 is 10.6 Å². The van der Waals surface area contributed by atoms with Crippen molar-refractivity contribution >= 4 is 11.9 Å². The van der Waals surface area contributed by atoms with E-state index in [0.717, 1.165) is 18.5 Å². The van der Waals surface area contributed by atoms with Gasteiger partial charge in [0, 0.05) is 24.8 Å². The third-order valence-corrected chi connectivity index (χ3v) is 2.84. The van der Waals surface area contributed by atoms with E-state index in [1.165, 1.54) is 0 Å². The molecule has 6 heteroatoms. The van der Waals surface area contributed by atoms with Gasteiger partial charge in [-0.2, -0.15) is 5.10 Å². The van der Waals surface area contributed by atoms with Gasteiger partial charge in [-0.3, -0.25) is 19.8 Å². The quantitative estimate of drug-likeness (QED) is 0.834. The van der Waals surface area contributed by atoms with E-state index < -0.39 is 0 Å². The molecule has 2 rings (SSSR count). The van der Waals surface area contributed by atoms with Crippen LogP contribution in [0, 0.1) is 5.92 Å². The van der Waals surface area contributed by atoms with Crippen LogP contribution in [-0.4, -0.2) is 28.2 Å². The average molecular weight is 263 g/mol. The molecule has 1 aromatic rings. The summed E-state index contributed by atoms with van der Waals surface area (Å²) in [5, 5.41) is 10.1. The summed E-state index contributed by atoms with van der Waals surface area (Å²) >= 11 is 0. The topological polar surface area (TPSA) is 71.3 Å². The molecule has 1 unspecified atom stereocenters. The van der Waals surface area contributed by atoms with Crippen LogP contribution in [-0.2, 0) is 11.3 Å². The van der Waals surface area contributed by atoms with Crippen molar-refractivity contribution in [2.75, 3.05) is 6.54 Å². The summed E-state index contributed by atoms with van der Waals surface area (Å²) in [7, 11) is 0. The largest absolute Gasteiger partial charge is 0.340 e. The maximum absolute atomic E-state index is 11.9. The van der Waals surface area contributed by atoms with Crippen molar-refractivity contribution in [1.82, 2.24) is 20.4 Å². The van der Waals surface area contributed by atoms with Gasteiger partial charge in [0.1, 0.15) is 6.04 Å². The summed E-state index contributed by atoms with van der Waals surface area (Å²) in [6.45, 7) is 7.84. The Hall–Kier alpha value is -1.85. The number of hydrogen-bond donors (Lipinski definition) is 2. The maximum atomic E-state index is 11.9. The van der Waals surface area contributed by atoms with E-state index in [1.807, 2.05) is 10.9 Å². The van der Waals surface area contributed by atoms with Crippen LogP contribution >= 0.6 is 0 Å². The van der Waals surface area contributed by atoms with Gasteiger partial charge in [-0.1, -0.05) is 20.8 Å². The Labute approximate surface area is 113 Å². The van der Waals surface area contributed by atoms with Crippen LogP contribution in [0.25, 0.3) is 0 Å². The molecular weight excluding hydrogens is 242 g/mol. The van der Waals surface area contributed by atoms with Gasteiger partial charge in [0.2, 0.25) is 0 Å². The Morgan fingerprint density at radius 2 is 2.32 bits per heavy atom. The second kappa shape index (κ2) is 5.86. The predicted molar refractivity (Wildman–Crippen MR) is 73.7 cm³/mol. The summed E-state index contributed by atoms with van der Waals surface area (Å²) in [6.07, 6.45) is 4.66. The number of carbonyl (C=O) groups is 1. The first-order valence-corrected chi connectivity index (χ1v) is 6.74. The molecule has 1 aliphatic rings. The summed E-state index contributed by atoms with van der Waals surface area (Å²) in [5.41, 5.74) is 0.876. The highest BCUT2D eigenvalue weighted by Crippen LogP contribution is 2.15. The van der Waals surface area contributed by atoms with Crippen molar-refractivity contribution in [3.63, 3.8) is 0 Å². The second-order valence-electron chi connectivity index (χ2n) is 5.19. The zero-order chi connectivity index (χ0) is 13.8. The first-order valence-electron chi connectivity index (χ1n) is 6.74. The first kappa shape index (κ1) is 13.6. The number of rotatable bonds is 5. The number of aliphatic imine (C=N–C) groups is 1. The van der Waals surface area contributed by atoms with Crippen LogP contribution in [0.3, 0.4) is 0 Å². The molecule has 1 aliphatic heterocycles. The van der Waals surface area contributed by atoms with Gasteiger partial charge in [-0.05, 0) is 12.3 Å². The van der Waals surface area contributed by atoms with E-state index in [4.69, 9.17) is 0 Å². The van der Waals surface area contributed by atoms with E-state index in [2.05, 4.69) is 41.5 Å². The van der Waals surface area contributed by atoms with Gasteiger partial charge in [-0.25, -0.2) is 0 Å². The van der Waals surface area contributed by atoms with Crippen LogP contribution in [0.4, 0.5) is 0 Å². The molecule has 0 spiro atoms. The van der Waals surface area contributed by atoms with Crippen molar-refractivity contribution in [1.29, 1.82) is 0 Å². The fraction of sp³-hybridized carbons (Fsp3) is 0.615. The molecule has 6 nitrogen and oxygen atoms in total. The van der Waals surface area contributed by atoms with Gasteiger partial charge in [0.25, 0.3) is 5.91 Å². The monoisotopic (exact) mass is 263 g/mol. The van der Waals surface area contributed by atoms with E-state index in [1.54, 1.807) is 6.20 Å². The Kier molecular flexibility index (Phi) is 4.19. The lowest BCUT2D eigenvalue weighted by Crippen LogP contribution is -2.26. The third kappa shape index (κ3) is 3.33. The SMILES string of the molecule is CCCn1cc(C2NC(=NCC(C)C)NC2=O)cn1. The van der Waals surface area contributed by atoms with Crippen molar-refractivity contribution in [3.8, 4) is 0 Å². The van der Waals surface area contributed by atoms with Gasteiger partial charge in [-0.15, -0.1) is 0 Å².